The molecule has 0 saturated heterocycles. The van der Waals surface area contributed by atoms with Crippen molar-refractivity contribution in [2.75, 3.05) is 38.0 Å². The Balaban J connectivity index is 1.90. The van der Waals surface area contributed by atoms with Crippen molar-refractivity contribution in [3.8, 4) is 5.75 Å². The molecule has 3 aromatic rings. The molecule has 0 aliphatic heterocycles. The summed E-state index contributed by atoms with van der Waals surface area (Å²) >= 11 is 0. The Morgan fingerprint density at radius 2 is 1.76 bits per heavy atom. The van der Waals surface area contributed by atoms with Gasteiger partial charge in [0, 0.05) is 25.6 Å². The minimum Gasteiger partial charge on any atom is -0.495 e. The van der Waals surface area contributed by atoms with Crippen molar-refractivity contribution in [1.82, 2.24) is 9.97 Å². The molecule has 2 N–H and O–H groups in total. The smallest absolute Gasteiger partial charge is 0.229 e. The first kappa shape index (κ1) is 17.0. The summed E-state index contributed by atoms with van der Waals surface area (Å²) in [6.45, 7) is 1.49. The van der Waals surface area contributed by atoms with Gasteiger partial charge in [0.05, 0.1) is 18.3 Å². The summed E-state index contributed by atoms with van der Waals surface area (Å²) in [6.07, 6.45) is 0.907. The number of hydrogen-bond donors (Lipinski definition) is 2. The van der Waals surface area contributed by atoms with E-state index in [9.17, 15) is 0 Å². The highest BCUT2D eigenvalue weighted by Crippen LogP contribution is 2.28. The fourth-order valence-electron chi connectivity index (χ4n) is 2.56. The standard InChI is InChI=1S/C19H22N4O2/c1-24-13-7-12-20-18-14-8-3-4-9-15(14)21-19(23-18)22-16-10-5-6-11-17(16)25-2/h3-6,8-11H,7,12-13H2,1-2H3,(H2,20,21,22,23). The molecule has 0 radical (unpaired) electrons. The highest BCUT2D eigenvalue weighted by Gasteiger charge is 2.09. The molecule has 0 fully saturated rings. The maximum Gasteiger partial charge on any atom is 0.229 e. The lowest BCUT2D eigenvalue weighted by Crippen LogP contribution is -2.08. The lowest BCUT2D eigenvalue weighted by molar-refractivity contribution is 0.198. The summed E-state index contributed by atoms with van der Waals surface area (Å²) in [6, 6.07) is 15.6. The molecule has 6 nitrogen and oxygen atoms in total. The van der Waals surface area contributed by atoms with Gasteiger partial charge in [-0.3, -0.25) is 0 Å². The summed E-state index contributed by atoms with van der Waals surface area (Å²) in [4.78, 5) is 9.25. The highest BCUT2D eigenvalue weighted by molar-refractivity contribution is 5.90. The van der Waals surface area contributed by atoms with E-state index in [0.717, 1.165) is 41.1 Å². The minimum absolute atomic E-state index is 0.525. The van der Waals surface area contributed by atoms with E-state index in [0.29, 0.717) is 12.6 Å². The third-order valence-electron chi connectivity index (χ3n) is 3.77. The van der Waals surface area contributed by atoms with Crippen LogP contribution in [0.1, 0.15) is 6.42 Å². The number of rotatable bonds is 8. The van der Waals surface area contributed by atoms with Crippen molar-refractivity contribution in [1.29, 1.82) is 0 Å². The van der Waals surface area contributed by atoms with Crippen molar-refractivity contribution in [3.63, 3.8) is 0 Å². The Bertz CT molecular complexity index is 839. The molecule has 1 aromatic heterocycles. The van der Waals surface area contributed by atoms with Crippen LogP contribution >= 0.6 is 0 Å². The van der Waals surface area contributed by atoms with Crippen LogP contribution < -0.4 is 15.4 Å². The number of nitrogens with one attached hydrogen (secondary N) is 2. The number of hydrogen-bond acceptors (Lipinski definition) is 6. The van der Waals surface area contributed by atoms with Gasteiger partial charge < -0.3 is 20.1 Å². The largest absolute Gasteiger partial charge is 0.495 e. The molecule has 0 aliphatic rings. The lowest BCUT2D eigenvalue weighted by Gasteiger charge is -2.13. The van der Waals surface area contributed by atoms with Crippen molar-refractivity contribution >= 4 is 28.4 Å². The zero-order valence-electron chi connectivity index (χ0n) is 14.5. The number of benzene rings is 2. The fraction of sp³-hybridized carbons (Fsp3) is 0.263. The van der Waals surface area contributed by atoms with Gasteiger partial charge in [0.2, 0.25) is 5.95 Å². The average Bonchev–Trinajstić information content (AvgIpc) is 2.65. The third-order valence-corrected chi connectivity index (χ3v) is 3.77. The van der Waals surface area contributed by atoms with Gasteiger partial charge >= 0.3 is 0 Å². The summed E-state index contributed by atoms with van der Waals surface area (Å²) in [5.41, 5.74) is 1.70. The number of ether oxygens (including phenoxy) is 2. The number of fused-ring (bicyclic) bond motifs is 1. The van der Waals surface area contributed by atoms with Gasteiger partial charge in [-0.05, 0) is 30.7 Å². The maximum absolute atomic E-state index is 5.38. The van der Waals surface area contributed by atoms with Crippen LogP contribution in [0.2, 0.25) is 0 Å². The molecule has 0 unspecified atom stereocenters. The van der Waals surface area contributed by atoms with Crippen molar-refractivity contribution in [3.05, 3.63) is 48.5 Å². The Hall–Kier alpha value is -2.86. The number of nitrogens with zero attached hydrogens (tertiary/aromatic N) is 2. The first-order valence-electron chi connectivity index (χ1n) is 8.21. The maximum atomic E-state index is 5.38. The molecular formula is C19H22N4O2. The van der Waals surface area contributed by atoms with Crippen LogP contribution in [0.3, 0.4) is 0 Å². The van der Waals surface area contributed by atoms with E-state index in [2.05, 4.69) is 20.6 Å². The molecule has 3 rings (SSSR count). The van der Waals surface area contributed by atoms with E-state index in [1.165, 1.54) is 0 Å². The van der Waals surface area contributed by atoms with E-state index in [1.54, 1.807) is 14.2 Å². The zero-order valence-corrected chi connectivity index (χ0v) is 14.5. The van der Waals surface area contributed by atoms with Crippen LogP contribution in [-0.2, 0) is 4.74 Å². The lowest BCUT2D eigenvalue weighted by atomic mass is 10.2. The topological polar surface area (TPSA) is 68.3 Å². The molecular weight excluding hydrogens is 316 g/mol. The molecule has 2 aromatic carbocycles. The Morgan fingerprint density at radius 3 is 2.60 bits per heavy atom. The number of anilines is 3. The van der Waals surface area contributed by atoms with Crippen LogP contribution in [0.5, 0.6) is 5.75 Å². The molecule has 130 valence electrons. The van der Waals surface area contributed by atoms with Crippen molar-refractivity contribution < 1.29 is 9.47 Å². The number of methoxy groups -OCH3 is 2. The van der Waals surface area contributed by atoms with Gasteiger partial charge in [-0.15, -0.1) is 0 Å². The monoisotopic (exact) mass is 338 g/mol. The summed E-state index contributed by atoms with van der Waals surface area (Å²) in [7, 11) is 3.35. The van der Waals surface area contributed by atoms with E-state index < -0.39 is 0 Å². The first-order valence-corrected chi connectivity index (χ1v) is 8.21. The second-order valence-corrected chi connectivity index (χ2v) is 5.51. The summed E-state index contributed by atoms with van der Waals surface area (Å²) in [5.74, 6) is 2.07. The first-order chi connectivity index (χ1) is 12.3. The molecule has 0 bridgehead atoms. The Kier molecular flexibility index (Phi) is 5.64. The summed E-state index contributed by atoms with van der Waals surface area (Å²) < 4.78 is 10.5. The number of aromatic nitrogens is 2. The Morgan fingerprint density at radius 1 is 0.960 bits per heavy atom. The second kappa shape index (κ2) is 8.30. The quantitative estimate of drug-likeness (QED) is 0.609. The van der Waals surface area contributed by atoms with Gasteiger partial charge in [-0.2, -0.15) is 4.98 Å². The Labute approximate surface area is 147 Å². The van der Waals surface area contributed by atoms with Gasteiger partial charge in [0.1, 0.15) is 11.6 Å². The predicted octanol–water partition coefficient (Wildman–Crippen LogP) is 3.83. The molecule has 0 spiro atoms. The predicted molar refractivity (Wildman–Crippen MR) is 101 cm³/mol. The van der Waals surface area contributed by atoms with E-state index in [4.69, 9.17) is 9.47 Å². The van der Waals surface area contributed by atoms with E-state index in [1.807, 2.05) is 48.5 Å². The highest BCUT2D eigenvalue weighted by atomic mass is 16.5. The van der Waals surface area contributed by atoms with Crippen LogP contribution in [0.15, 0.2) is 48.5 Å². The van der Waals surface area contributed by atoms with Crippen molar-refractivity contribution in [2.45, 2.75) is 6.42 Å². The second-order valence-electron chi connectivity index (χ2n) is 5.51. The fourth-order valence-corrected chi connectivity index (χ4v) is 2.56. The number of para-hydroxylation sites is 3. The normalized spacial score (nSPS) is 10.6. The zero-order chi connectivity index (χ0) is 17.5. The van der Waals surface area contributed by atoms with Crippen LogP contribution in [0.4, 0.5) is 17.5 Å². The van der Waals surface area contributed by atoms with Crippen LogP contribution in [0, 0.1) is 0 Å². The molecule has 0 aliphatic carbocycles. The van der Waals surface area contributed by atoms with E-state index >= 15 is 0 Å². The van der Waals surface area contributed by atoms with Crippen LogP contribution in [-0.4, -0.2) is 37.3 Å². The molecule has 6 heteroatoms. The molecule has 1 heterocycles. The molecule has 0 atom stereocenters. The van der Waals surface area contributed by atoms with Gasteiger partial charge in [-0.25, -0.2) is 4.98 Å². The average molecular weight is 338 g/mol. The van der Waals surface area contributed by atoms with E-state index in [-0.39, 0.29) is 0 Å². The van der Waals surface area contributed by atoms with Gasteiger partial charge in [-0.1, -0.05) is 24.3 Å². The summed E-state index contributed by atoms with van der Waals surface area (Å²) in [5, 5.41) is 7.61. The molecule has 25 heavy (non-hydrogen) atoms. The van der Waals surface area contributed by atoms with Gasteiger partial charge in [0.25, 0.3) is 0 Å². The van der Waals surface area contributed by atoms with Crippen molar-refractivity contribution in [2.24, 2.45) is 0 Å². The molecule has 0 amide bonds. The third kappa shape index (κ3) is 4.16. The minimum atomic E-state index is 0.525. The van der Waals surface area contributed by atoms with Crippen LogP contribution in [0.25, 0.3) is 10.9 Å². The SMILES string of the molecule is COCCCNc1nc(Nc2ccccc2OC)nc2ccccc12. The van der Waals surface area contributed by atoms with Gasteiger partial charge in [0.15, 0.2) is 0 Å². The molecule has 0 saturated carbocycles.